The first kappa shape index (κ1) is 20.0. The number of phenolic OH excluding ortho intramolecular Hbond substituents is 1. The Hall–Kier alpha value is -3.33. The third-order valence-corrected chi connectivity index (χ3v) is 5.49. The van der Waals surface area contributed by atoms with Crippen LogP contribution in [0.5, 0.6) is 5.75 Å². The van der Waals surface area contributed by atoms with Crippen LogP contribution in [-0.2, 0) is 11.2 Å². The number of anilines is 1. The highest BCUT2D eigenvalue weighted by Gasteiger charge is 2.12. The maximum atomic E-state index is 12.0. The number of benzene rings is 1. The van der Waals surface area contributed by atoms with Crippen molar-refractivity contribution in [2.24, 2.45) is 0 Å². The maximum Gasteiger partial charge on any atom is 0.224 e. The first-order valence-corrected chi connectivity index (χ1v) is 10.7. The number of aromatic hydroxyl groups is 1. The predicted octanol–water partition coefficient (Wildman–Crippen LogP) is 1.58. The molecule has 0 aliphatic rings. The van der Waals surface area contributed by atoms with Crippen molar-refractivity contribution in [3.8, 4) is 17.0 Å². The second-order valence-corrected chi connectivity index (χ2v) is 7.83. The highest BCUT2D eigenvalue weighted by molar-refractivity contribution is 7.08. The van der Waals surface area contributed by atoms with Crippen molar-refractivity contribution in [2.75, 3.05) is 18.4 Å². The van der Waals surface area contributed by atoms with E-state index in [2.05, 4.69) is 20.7 Å². The summed E-state index contributed by atoms with van der Waals surface area (Å²) in [6.07, 6.45) is 2.95. The summed E-state index contributed by atoms with van der Waals surface area (Å²) >= 11 is 1.60. The van der Waals surface area contributed by atoms with E-state index in [0.29, 0.717) is 30.8 Å². The normalized spacial score (nSPS) is 10.9. The minimum atomic E-state index is 0.0317. The highest BCUT2D eigenvalue weighted by atomic mass is 32.1. The van der Waals surface area contributed by atoms with Crippen LogP contribution in [0.1, 0.15) is 12.0 Å². The average Bonchev–Trinajstić information content (AvgIpc) is 3.38. The minimum Gasteiger partial charge on any atom is -0.507 e. The molecule has 0 radical (unpaired) electrons. The van der Waals surface area contributed by atoms with Crippen LogP contribution in [0.4, 0.5) is 5.82 Å². The quantitative estimate of drug-likeness (QED) is 0.298. The van der Waals surface area contributed by atoms with Gasteiger partial charge in [0, 0.05) is 30.9 Å². The van der Waals surface area contributed by atoms with E-state index in [-0.39, 0.29) is 11.7 Å². The number of carbonyl (C=O) groups excluding carboxylic acids is 1. The predicted molar refractivity (Wildman–Crippen MR) is 122 cm³/mol. The summed E-state index contributed by atoms with van der Waals surface area (Å²) < 4.78 is 1.76. The fourth-order valence-electron chi connectivity index (χ4n) is 3.20. The molecule has 4 aromatic rings. The molecule has 7 nitrogen and oxygen atoms in total. The zero-order chi connectivity index (χ0) is 20.9. The van der Waals surface area contributed by atoms with Gasteiger partial charge < -0.3 is 15.7 Å². The van der Waals surface area contributed by atoms with Crippen molar-refractivity contribution in [3.05, 3.63) is 58.9 Å². The number of phenols is 1. The highest BCUT2D eigenvalue weighted by Crippen LogP contribution is 2.29. The monoisotopic (exact) mass is 419 g/mol. The molecule has 0 saturated heterocycles. The number of amides is 1. The van der Waals surface area contributed by atoms with E-state index in [1.54, 1.807) is 34.2 Å². The lowest BCUT2D eigenvalue weighted by Crippen LogP contribution is -2.27. The second kappa shape index (κ2) is 9.00. The lowest BCUT2D eigenvalue weighted by atomic mass is 10.0. The van der Waals surface area contributed by atoms with Gasteiger partial charge in [0.25, 0.3) is 0 Å². The molecule has 0 fully saturated rings. The molecule has 3 aromatic heterocycles. The Morgan fingerprint density at radius 3 is 2.90 bits per heavy atom. The maximum absolute atomic E-state index is 12.0. The summed E-state index contributed by atoms with van der Waals surface area (Å²) in [4.78, 5) is 16.7. The van der Waals surface area contributed by atoms with E-state index in [1.807, 2.05) is 42.9 Å². The SMILES string of the molecule is Bc1cnn2c(NCCCNC(=O)Cc3ccsc3)cc(-c3ccccc3O)nc12. The van der Waals surface area contributed by atoms with Crippen molar-refractivity contribution < 1.29 is 9.90 Å². The van der Waals surface area contributed by atoms with Gasteiger partial charge in [0.2, 0.25) is 5.91 Å². The van der Waals surface area contributed by atoms with Crippen molar-refractivity contribution in [1.82, 2.24) is 19.9 Å². The van der Waals surface area contributed by atoms with Crippen LogP contribution in [0.25, 0.3) is 16.9 Å². The molecular formula is C21H22BN5O2S. The zero-order valence-electron chi connectivity index (χ0n) is 16.6. The van der Waals surface area contributed by atoms with Crippen LogP contribution >= 0.6 is 11.3 Å². The molecule has 152 valence electrons. The molecule has 30 heavy (non-hydrogen) atoms. The number of hydrogen-bond donors (Lipinski definition) is 3. The number of para-hydroxylation sites is 1. The average molecular weight is 419 g/mol. The van der Waals surface area contributed by atoms with Gasteiger partial charge in [-0.3, -0.25) is 4.79 Å². The minimum absolute atomic E-state index is 0.0317. The molecule has 0 bridgehead atoms. The lowest BCUT2D eigenvalue weighted by Gasteiger charge is -2.12. The van der Waals surface area contributed by atoms with Gasteiger partial charge in [0.15, 0.2) is 5.65 Å². The fraction of sp³-hybridized carbons (Fsp3) is 0.190. The Balaban J connectivity index is 1.41. The summed E-state index contributed by atoms with van der Waals surface area (Å²) in [6, 6.07) is 11.0. The molecule has 1 amide bonds. The van der Waals surface area contributed by atoms with Gasteiger partial charge in [0.1, 0.15) is 19.4 Å². The zero-order valence-corrected chi connectivity index (χ0v) is 17.4. The van der Waals surface area contributed by atoms with Crippen molar-refractivity contribution in [1.29, 1.82) is 0 Å². The van der Waals surface area contributed by atoms with Crippen LogP contribution in [0.2, 0.25) is 0 Å². The van der Waals surface area contributed by atoms with Crippen LogP contribution in [0.3, 0.4) is 0 Å². The molecule has 0 saturated carbocycles. The van der Waals surface area contributed by atoms with E-state index in [9.17, 15) is 9.90 Å². The van der Waals surface area contributed by atoms with Gasteiger partial charge in [-0.05, 0) is 46.4 Å². The summed E-state index contributed by atoms with van der Waals surface area (Å²) in [6.45, 7) is 1.26. The third kappa shape index (κ3) is 4.46. The van der Waals surface area contributed by atoms with Crippen LogP contribution in [0, 0.1) is 0 Å². The molecule has 9 heteroatoms. The standard InChI is InChI=1S/C21H22BN5O2S/c22-16-12-25-27-19(11-17(26-21(16)27)15-4-1-2-5-18(15)28)23-7-3-8-24-20(29)10-14-6-9-30-13-14/h1-2,4-6,9,11-13,23,28H,3,7-8,10,22H2,(H,24,29). The summed E-state index contributed by atoms with van der Waals surface area (Å²) in [7, 11) is 1.96. The van der Waals surface area contributed by atoms with Gasteiger partial charge in [-0.1, -0.05) is 12.1 Å². The molecular weight excluding hydrogens is 397 g/mol. The topological polar surface area (TPSA) is 91.5 Å². The Morgan fingerprint density at radius 2 is 2.10 bits per heavy atom. The third-order valence-electron chi connectivity index (χ3n) is 4.75. The lowest BCUT2D eigenvalue weighted by molar-refractivity contribution is -0.120. The van der Waals surface area contributed by atoms with Gasteiger partial charge >= 0.3 is 0 Å². The number of nitrogens with zero attached hydrogens (tertiary/aromatic N) is 3. The molecule has 0 atom stereocenters. The Labute approximate surface area is 179 Å². The first-order valence-electron chi connectivity index (χ1n) is 9.77. The smallest absolute Gasteiger partial charge is 0.224 e. The van der Waals surface area contributed by atoms with Crippen LogP contribution in [-0.4, -0.2) is 46.5 Å². The number of carbonyl (C=O) groups is 1. The van der Waals surface area contributed by atoms with Gasteiger partial charge in [-0.15, -0.1) is 0 Å². The second-order valence-electron chi connectivity index (χ2n) is 7.05. The number of hydrogen-bond acceptors (Lipinski definition) is 6. The Bertz CT molecular complexity index is 1160. The molecule has 0 unspecified atom stereocenters. The van der Waals surface area contributed by atoms with Gasteiger partial charge in [0.05, 0.1) is 12.1 Å². The Kier molecular flexibility index (Phi) is 5.99. The fourth-order valence-corrected chi connectivity index (χ4v) is 3.87. The molecule has 3 heterocycles. The molecule has 0 aliphatic heterocycles. The number of thiophene rings is 1. The largest absolute Gasteiger partial charge is 0.507 e. The van der Waals surface area contributed by atoms with E-state index in [0.717, 1.165) is 28.9 Å². The van der Waals surface area contributed by atoms with E-state index in [4.69, 9.17) is 0 Å². The number of rotatable bonds is 8. The van der Waals surface area contributed by atoms with Gasteiger partial charge in [-0.25, -0.2) is 4.98 Å². The van der Waals surface area contributed by atoms with Crippen LogP contribution in [0.15, 0.2) is 53.4 Å². The van der Waals surface area contributed by atoms with Crippen LogP contribution < -0.4 is 16.1 Å². The summed E-state index contributed by atoms with van der Waals surface area (Å²) in [5.74, 6) is 1.01. The number of nitrogens with one attached hydrogen (secondary N) is 2. The molecule has 4 rings (SSSR count). The summed E-state index contributed by atoms with van der Waals surface area (Å²) in [5.41, 5.74) is 4.08. The number of fused-ring (bicyclic) bond motifs is 1. The molecule has 0 aliphatic carbocycles. The van der Waals surface area contributed by atoms with E-state index < -0.39 is 0 Å². The summed E-state index contributed by atoms with van der Waals surface area (Å²) in [5, 5.41) is 24.9. The first-order chi connectivity index (χ1) is 14.6. The molecule has 0 spiro atoms. The van der Waals surface area contributed by atoms with Crippen molar-refractivity contribution >= 4 is 42.0 Å². The van der Waals surface area contributed by atoms with E-state index >= 15 is 0 Å². The van der Waals surface area contributed by atoms with E-state index in [1.165, 1.54) is 0 Å². The van der Waals surface area contributed by atoms with Crippen molar-refractivity contribution in [2.45, 2.75) is 12.8 Å². The molecule has 3 N–H and O–H groups in total. The Morgan fingerprint density at radius 1 is 1.23 bits per heavy atom. The number of aromatic nitrogens is 3. The van der Waals surface area contributed by atoms with Gasteiger partial charge in [-0.2, -0.15) is 21.0 Å². The molecule has 1 aromatic carbocycles. The van der Waals surface area contributed by atoms with Crippen molar-refractivity contribution in [3.63, 3.8) is 0 Å².